The fraction of sp³-hybridized carbons (Fsp3) is 0.720. The number of aliphatic hydroxyl groups excluding tert-OH is 1. The number of aliphatic carboxylic acids is 1. The molecule has 0 radical (unpaired) electrons. The molecule has 0 aliphatic carbocycles. The molecule has 0 fully saturated rings. The van der Waals surface area contributed by atoms with E-state index in [0.717, 1.165) is 56.9 Å². The van der Waals surface area contributed by atoms with Gasteiger partial charge in [0.2, 0.25) is 0 Å². The fourth-order valence-electron chi connectivity index (χ4n) is 3.62. The Morgan fingerprint density at radius 1 is 0.862 bits per heavy atom. The first kappa shape index (κ1) is 25.6. The van der Waals surface area contributed by atoms with E-state index in [1.54, 1.807) is 0 Å². The SMILES string of the molecule is CCCCCCC(O)CCCCCCCC(CCC(=O)O)OCc1ccccc1. The summed E-state index contributed by atoms with van der Waals surface area (Å²) >= 11 is 0. The second kappa shape index (κ2) is 17.5. The van der Waals surface area contributed by atoms with Crippen LogP contribution in [0.15, 0.2) is 30.3 Å². The number of rotatable bonds is 19. The lowest BCUT2D eigenvalue weighted by molar-refractivity contribution is -0.138. The van der Waals surface area contributed by atoms with Crippen molar-refractivity contribution in [1.29, 1.82) is 0 Å². The van der Waals surface area contributed by atoms with Crippen LogP contribution in [0.25, 0.3) is 0 Å². The Hall–Kier alpha value is -1.39. The predicted molar refractivity (Wildman–Crippen MR) is 119 cm³/mol. The summed E-state index contributed by atoms with van der Waals surface area (Å²) in [6, 6.07) is 10.0. The van der Waals surface area contributed by atoms with E-state index in [4.69, 9.17) is 9.84 Å². The zero-order chi connectivity index (χ0) is 21.2. The Morgan fingerprint density at radius 3 is 2.07 bits per heavy atom. The quantitative estimate of drug-likeness (QED) is 0.257. The Bertz CT molecular complexity index is 503. The summed E-state index contributed by atoms with van der Waals surface area (Å²) in [5.74, 6) is -0.758. The van der Waals surface area contributed by atoms with Gasteiger partial charge in [-0.3, -0.25) is 4.79 Å². The summed E-state index contributed by atoms with van der Waals surface area (Å²) in [6.45, 7) is 2.75. The highest BCUT2D eigenvalue weighted by molar-refractivity contribution is 5.66. The maximum absolute atomic E-state index is 10.9. The first-order valence-electron chi connectivity index (χ1n) is 11.7. The molecule has 4 nitrogen and oxygen atoms in total. The van der Waals surface area contributed by atoms with E-state index < -0.39 is 5.97 Å². The van der Waals surface area contributed by atoms with Crippen LogP contribution in [-0.4, -0.2) is 28.4 Å². The highest BCUT2D eigenvalue weighted by atomic mass is 16.5. The topological polar surface area (TPSA) is 66.8 Å². The van der Waals surface area contributed by atoms with E-state index in [1.165, 1.54) is 25.7 Å². The van der Waals surface area contributed by atoms with E-state index in [9.17, 15) is 9.90 Å². The molecule has 1 aromatic rings. The number of hydrogen-bond donors (Lipinski definition) is 2. The second-order valence-corrected chi connectivity index (χ2v) is 8.20. The molecule has 2 atom stereocenters. The molecule has 2 unspecified atom stereocenters. The van der Waals surface area contributed by atoms with Gasteiger partial charge in [0.25, 0.3) is 0 Å². The third-order valence-corrected chi connectivity index (χ3v) is 5.46. The summed E-state index contributed by atoms with van der Waals surface area (Å²) in [6.07, 6.45) is 14.0. The zero-order valence-corrected chi connectivity index (χ0v) is 18.4. The van der Waals surface area contributed by atoms with E-state index in [0.29, 0.717) is 13.0 Å². The molecule has 0 aliphatic heterocycles. The van der Waals surface area contributed by atoms with Gasteiger partial charge in [0.1, 0.15) is 0 Å². The van der Waals surface area contributed by atoms with Crippen molar-refractivity contribution in [2.45, 2.75) is 116 Å². The van der Waals surface area contributed by atoms with Crippen molar-refractivity contribution >= 4 is 5.97 Å². The summed E-state index contributed by atoms with van der Waals surface area (Å²) in [4.78, 5) is 10.9. The molecule has 0 aliphatic rings. The van der Waals surface area contributed by atoms with Gasteiger partial charge in [-0.1, -0.05) is 95.0 Å². The second-order valence-electron chi connectivity index (χ2n) is 8.20. The lowest BCUT2D eigenvalue weighted by Crippen LogP contribution is -2.15. The molecule has 29 heavy (non-hydrogen) atoms. The van der Waals surface area contributed by atoms with Crippen molar-refractivity contribution in [1.82, 2.24) is 0 Å². The molecule has 0 heterocycles. The highest BCUT2D eigenvalue weighted by Gasteiger charge is 2.12. The summed E-state index contributed by atoms with van der Waals surface area (Å²) < 4.78 is 6.00. The molecule has 0 saturated heterocycles. The number of carbonyl (C=O) groups is 1. The Labute approximate surface area is 177 Å². The smallest absolute Gasteiger partial charge is 0.303 e. The van der Waals surface area contributed by atoms with E-state index >= 15 is 0 Å². The molecule has 0 amide bonds. The molecule has 166 valence electrons. The average molecular weight is 407 g/mol. The van der Waals surface area contributed by atoms with Crippen LogP contribution in [0.3, 0.4) is 0 Å². The van der Waals surface area contributed by atoms with Crippen molar-refractivity contribution in [3.8, 4) is 0 Å². The van der Waals surface area contributed by atoms with Crippen molar-refractivity contribution in [2.75, 3.05) is 0 Å². The molecule has 2 N–H and O–H groups in total. The van der Waals surface area contributed by atoms with Crippen LogP contribution < -0.4 is 0 Å². The molecule has 0 aromatic heterocycles. The normalized spacial score (nSPS) is 13.3. The minimum atomic E-state index is -0.758. The van der Waals surface area contributed by atoms with Crippen LogP contribution in [0.5, 0.6) is 0 Å². The van der Waals surface area contributed by atoms with Crippen LogP contribution in [0, 0.1) is 0 Å². The van der Waals surface area contributed by atoms with Gasteiger partial charge in [0.15, 0.2) is 0 Å². The van der Waals surface area contributed by atoms with E-state index in [2.05, 4.69) is 6.92 Å². The summed E-state index contributed by atoms with van der Waals surface area (Å²) in [5, 5.41) is 19.0. The third kappa shape index (κ3) is 15.2. The molecular weight excluding hydrogens is 364 g/mol. The van der Waals surface area contributed by atoms with Crippen LogP contribution >= 0.6 is 0 Å². The molecule has 0 spiro atoms. The lowest BCUT2D eigenvalue weighted by atomic mass is 10.0. The van der Waals surface area contributed by atoms with Gasteiger partial charge in [-0.2, -0.15) is 0 Å². The zero-order valence-electron chi connectivity index (χ0n) is 18.4. The van der Waals surface area contributed by atoms with E-state index in [-0.39, 0.29) is 18.6 Å². The Kier molecular flexibility index (Phi) is 15.4. The number of benzene rings is 1. The van der Waals surface area contributed by atoms with Crippen LogP contribution in [0.4, 0.5) is 0 Å². The number of carboxylic acid groups (broad SMARTS) is 1. The van der Waals surface area contributed by atoms with Gasteiger partial charge in [0, 0.05) is 6.42 Å². The van der Waals surface area contributed by atoms with Crippen molar-refractivity contribution < 1.29 is 19.7 Å². The number of unbranched alkanes of at least 4 members (excludes halogenated alkanes) is 7. The van der Waals surface area contributed by atoms with Gasteiger partial charge >= 0.3 is 5.97 Å². The number of carboxylic acids is 1. The third-order valence-electron chi connectivity index (χ3n) is 5.46. The van der Waals surface area contributed by atoms with Crippen LogP contribution in [0.2, 0.25) is 0 Å². The molecule has 1 rings (SSSR count). The first-order valence-corrected chi connectivity index (χ1v) is 11.7. The fourth-order valence-corrected chi connectivity index (χ4v) is 3.62. The maximum Gasteiger partial charge on any atom is 0.303 e. The van der Waals surface area contributed by atoms with Gasteiger partial charge in [-0.05, 0) is 31.2 Å². The number of hydrogen-bond acceptors (Lipinski definition) is 3. The highest BCUT2D eigenvalue weighted by Crippen LogP contribution is 2.17. The lowest BCUT2D eigenvalue weighted by Gasteiger charge is -2.17. The molecular formula is C25H42O4. The Morgan fingerprint density at radius 2 is 1.45 bits per heavy atom. The van der Waals surface area contributed by atoms with Crippen molar-refractivity contribution in [2.24, 2.45) is 0 Å². The van der Waals surface area contributed by atoms with E-state index in [1.807, 2.05) is 30.3 Å². The molecule has 1 aromatic carbocycles. The first-order chi connectivity index (χ1) is 14.1. The van der Waals surface area contributed by atoms with Gasteiger partial charge < -0.3 is 14.9 Å². The predicted octanol–water partition coefficient (Wildman–Crippen LogP) is 6.50. The van der Waals surface area contributed by atoms with Crippen LogP contribution in [0.1, 0.15) is 102 Å². The molecule has 4 heteroatoms. The monoisotopic (exact) mass is 406 g/mol. The summed E-state index contributed by atoms with van der Waals surface area (Å²) in [7, 11) is 0. The Balaban J connectivity index is 2.11. The number of ether oxygens (including phenoxy) is 1. The standard InChI is InChI=1S/C25H42O4/c1-2-3-4-11-16-23(26)17-12-6-5-7-13-18-24(19-20-25(27)28)29-21-22-14-9-8-10-15-22/h8-10,14-15,23-24,26H,2-7,11-13,16-21H2,1H3,(H,27,28). The molecule has 0 bridgehead atoms. The maximum atomic E-state index is 10.9. The largest absolute Gasteiger partial charge is 0.481 e. The van der Waals surface area contributed by atoms with Gasteiger partial charge in [-0.25, -0.2) is 0 Å². The summed E-state index contributed by atoms with van der Waals surface area (Å²) in [5.41, 5.74) is 1.13. The number of aliphatic hydroxyl groups is 1. The van der Waals surface area contributed by atoms with Gasteiger partial charge in [0.05, 0.1) is 18.8 Å². The minimum absolute atomic E-state index is 0.0104. The minimum Gasteiger partial charge on any atom is -0.481 e. The average Bonchev–Trinajstić information content (AvgIpc) is 2.72. The van der Waals surface area contributed by atoms with Gasteiger partial charge in [-0.15, -0.1) is 0 Å². The van der Waals surface area contributed by atoms with Crippen molar-refractivity contribution in [3.63, 3.8) is 0 Å². The van der Waals surface area contributed by atoms with Crippen LogP contribution in [-0.2, 0) is 16.1 Å². The molecule has 0 saturated carbocycles. The van der Waals surface area contributed by atoms with Crippen molar-refractivity contribution in [3.05, 3.63) is 35.9 Å².